The van der Waals surface area contributed by atoms with Crippen LogP contribution in [0.4, 0.5) is 4.79 Å². The minimum absolute atomic E-state index is 0.259. The largest absolute Gasteiger partial charge is 0.497 e. The topological polar surface area (TPSA) is 84.9 Å². The van der Waals surface area contributed by atoms with Crippen LogP contribution in [0.15, 0.2) is 42.5 Å². The number of ketones is 1. The van der Waals surface area contributed by atoms with Crippen LogP contribution in [-0.4, -0.2) is 43.4 Å². The number of aryl methyl sites for hydroxylation is 1. The summed E-state index contributed by atoms with van der Waals surface area (Å²) in [6, 6.07) is 11.9. The summed E-state index contributed by atoms with van der Waals surface area (Å²) in [5, 5.41) is 2.82. The maximum absolute atomic E-state index is 13.2. The molecule has 1 fully saturated rings. The van der Waals surface area contributed by atoms with Crippen LogP contribution in [0.25, 0.3) is 0 Å². The number of nitrogens with one attached hydrogen (secondary N) is 1. The number of hydrogen-bond acceptors (Lipinski definition) is 5. The van der Waals surface area contributed by atoms with Gasteiger partial charge < -0.3 is 14.8 Å². The van der Waals surface area contributed by atoms with E-state index in [1.54, 1.807) is 18.2 Å². The van der Waals surface area contributed by atoms with Crippen LogP contribution in [0.1, 0.15) is 27.9 Å². The molecule has 0 saturated carbocycles. The Kier molecular flexibility index (Phi) is 4.30. The first-order valence-electron chi connectivity index (χ1n) is 8.98. The van der Waals surface area contributed by atoms with Crippen molar-refractivity contribution in [3.05, 3.63) is 59.2 Å². The van der Waals surface area contributed by atoms with E-state index in [0.717, 1.165) is 16.0 Å². The standard InChI is InChI=1S/C21H20N2O5/c1-27-14-7-8-18(28-2)15(11-14)17(24)12-23-19(25)21(22-20(23)26)10-9-13-5-3-4-6-16(13)21/h3-8,11H,9-10,12H2,1-2H3,(H,22,26). The molecule has 7 heteroatoms. The number of carbonyl (C=O) groups excluding carboxylic acids is 3. The molecule has 7 nitrogen and oxygen atoms in total. The van der Waals surface area contributed by atoms with Crippen molar-refractivity contribution in [2.24, 2.45) is 0 Å². The summed E-state index contributed by atoms with van der Waals surface area (Å²) in [6.07, 6.45) is 1.19. The van der Waals surface area contributed by atoms with Gasteiger partial charge in [-0.1, -0.05) is 24.3 Å². The monoisotopic (exact) mass is 380 g/mol. The lowest BCUT2D eigenvalue weighted by atomic mass is 9.92. The number of fused-ring (bicyclic) bond motifs is 2. The summed E-state index contributed by atoms with van der Waals surface area (Å²) in [5.74, 6) is 0.0570. The molecule has 1 aliphatic carbocycles. The number of nitrogens with zero attached hydrogens (tertiary/aromatic N) is 1. The second-order valence-electron chi connectivity index (χ2n) is 6.87. The van der Waals surface area contributed by atoms with Crippen LogP contribution < -0.4 is 14.8 Å². The van der Waals surface area contributed by atoms with Gasteiger partial charge in [0.15, 0.2) is 5.78 Å². The Hall–Kier alpha value is -3.35. The fourth-order valence-corrected chi connectivity index (χ4v) is 3.99. The van der Waals surface area contributed by atoms with E-state index in [9.17, 15) is 14.4 Å². The summed E-state index contributed by atoms with van der Waals surface area (Å²) in [4.78, 5) is 39.6. The molecule has 2 aromatic rings. The molecule has 28 heavy (non-hydrogen) atoms. The van der Waals surface area contributed by atoms with Crippen LogP contribution in [0.3, 0.4) is 0 Å². The van der Waals surface area contributed by atoms with Gasteiger partial charge in [-0.3, -0.25) is 14.5 Å². The van der Waals surface area contributed by atoms with Crippen molar-refractivity contribution < 1.29 is 23.9 Å². The molecule has 1 unspecified atom stereocenters. The second-order valence-corrected chi connectivity index (χ2v) is 6.87. The van der Waals surface area contributed by atoms with Crippen molar-refractivity contribution in [1.82, 2.24) is 10.2 Å². The normalized spacial score (nSPS) is 20.3. The highest BCUT2D eigenvalue weighted by atomic mass is 16.5. The van der Waals surface area contributed by atoms with Gasteiger partial charge in [0, 0.05) is 0 Å². The van der Waals surface area contributed by atoms with Crippen molar-refractivity contribution in [3.63, 3.8) is 0 Å². The number of Topliss-reactive ketones (excluding diaryl/α,β-unsaturated/α-hetero) is 1. The Balaban J connectivity index is 1.63. The molecule has 0 aromatic heterocycles. The number of imide groups is 1. The lowest BCUT2D eigenvalue weighted by molar-refractivity contribution is -0.131. The number of rotatable bonds is 5. The first kappa shape index (κ1) is 18.0. The molecule has 1 N–H and O–H groups in total. The van der Waals surface area contributed by atoms with Gasteiger partial charge in [0.25, 0.3) is 5.91 Å². The number of amides is 3. The van der Waals surface area contributed by atoms with Crippen molar-refractivity contribution >= 4 is 17.7 Å². The lowest BCUT2D eigenvalue weighted by Crippen LogP contribution is -2.42. The predicted octanol–water partition coefficient (Wildman–Crippen LogP) is 2.28. The Bertz CT molecular complexity index is 987. The molecule has 1 atom stereocenters. The van der Waals surface area contributed by atoms with E-state index in [2.05, 4.69) is 5.32 Å². The fraction of sp³-hybridized carbons (Fsp3) is 0.286. The molecular weight excluding hydrogens is 360 g/mol. The maximum atomic E-state index is 13.2. The van der Waals surface area contributed by atoms with Gasteiger partial charge in [0.1, 0.15) is 17.0 Å². The highest BCUT2D eigenvalue weighted by Gasteiger charge is 2.55. The average molecular weight is 380 g/mol. The smallest absolute Gasteiger partial charge is 0.325 e. The Morgan fingerprint density at radius 1 is 1.14 bits per heavy atom. The maximum Gasteiger partial charge on any atom is 0.325 e. The van der Waals surface area contributed by atoms with Crippen molar-refractivity contribution in [1.29, 1.82) is 0 Å². The molecule has 1 saturated heterocycles. The van der Waals surface area contributed by atoms with E-state index in [-0.39, 0.29) is 12.1 Å². The lowest BCUT2D eigenvalue weighted by Gasteiger charge is -2.22. The predicted molar refractivity (Wildman–Crippen MR) is 101 cm³/mol. The molecular formula is C21H20N2O5. The third-order valence-electron chi connectivity index (χ3n) is 5.43. The molecule has 2 aliphatic rings. The number of methoxy groups -OCH3 is 2. The number of hydrogen-bond donors (Lipinski definition) is 1. The molecule has 3 amide bonds. The third kappa shape index (κ3) is 2.62. The zero-order chi connectivity index (χ0) is 19.9. The zero-order valence-corrected chi connectivity index (χ0v) is 15.7. The number of benzene rings is 2. The second kappa shape index (κ2) is 6.67. The quantitative estimate of drug-likeness (QED) is 0.635. The van der Waals surface area contributed by atoms with E-state index < -0.39 is 23.3 Å². The highest BCUT2D eigenvalue weighted by molar-refractivity contribution is 6.12. The van der Waals surface area contributed by atoms with Crippen molar-refractivity contribution in [3.8, 4) is 11.5 Å². The molecule has 0 radical (unpaired) electrons. The van der Waals surface area contributed by atoms with Crippen molar-refractivity contribution in [2.75, 3.05) is 20.8 Å². The molecule has 1 heterocycles. The summed E-state index contributed by atoms with van der Waals surface area (Å²) in [6.45, 7) is -0.363. The molecule has 4 rings (SSSR count). The molecule has 1 spiro atoms. The average Bonchev–Trinajstić information content (AvgIpc) is 3.20. The first-order chi connectivity index (χ1) is 13.5. The van der Waals surface area contributed by atoms with Gasteiger partial charge in [0.2, 0.25) is 0 Å². The van der Waals surface area contributed by atoms with E-state index >= 15 is 0 Å². The van der Waals surface area contributed by atoms with Crippen LogP contribution in [0.5, 0.6) is 11.5 Å². The number of urea groups is 1. The molecule has 1 aliphatic heterocycles. The van der Waals surface area contributed by atoms with Crippen molar-refractivity contribution in [2.45, 2.75) is 18.4 Å². The van der Waals surface area contributed by atoms with Gasteiger partial charge in [-0.25, -0.2) is 4.79 Å². The van der Waals surface area contributed by atoms with Gasteiger partial charge in [0.05, 0.1) is 26.3 Å². The van der Waals surface area contributed by atoms with Crippen LogP contribution in [0, 0.1) is 0 Å². The fourth-order valence-electron chi connectivity index (χ4n) is 3.99. The Morgan fingerprint density at radius 3 is 2.68 bits per heavy atom. The Labute approximate surface area is 162 Å². The first-order valence-corrected chi connectivity index (χ1v) is 8.98. The minimum atomic E-state index is -1.08. The van der Waals surface area contributed by atoms with Crippen LogP contribution in [0.2, 0.25) is 0 Å². The SMILES string of the molecule is COc1ccc(OC)c(C(=O)CN2C(=O)NC3(CCc4ccccc43)C2=O)c1. The summed E-state index contributed by atoms with van der Waals surface area (Å²) < 4.78 is 10.4. The van der Waals surface area contributed by atoms with Crippen LogP contribution >= 0.6 is 0 Å². The van der Waals surface area contributed by atoms with Gasteiger partial charge in [-0.2, -0.15) is 0 Å². The van der Waals surface area contributed by atoms with E-state index in [1.807, 2.05) is 24.3 Å². The minimum Gasteiger partial charge on any atom is -0.497 e. The zero-order valence-electron chi connectivity index (χ0n) is 15.7. The molecule has 0 bridgehead atoms. The summed E-state index contributed by atoms with van der Waals surface area (Å²) in [5.41, 5.74) is 1.03. The van der Waals surface area contributed by atoms with Gasteiger partial charge in [-0.15, -0.1) is 0 Å². The summed E-state index contributed by atoms with van der Waals surface area (Å²) >= 11 is 0. The van der Waals surface area contributed by atoms with Crippen LogP contribution in [-0.2, 0) is 16.8 Å². The number of ether oxygens (including phenoxy) is 2. The summed E-state index contributed by atoms with van der Waals surface area (Å²) in [7, 11) is 2.95. The third-order valence-corrected chi connectivity index (χ3v) is 5.43. The molecule has 144 valence electrons. The number of carbonyl (C=O) groups is 3. The van der Waals surface area contributed by atoms with Gasteiger partial charge in [-0.05, 0) is 42.2 Å². The van der Waals surface area contributed by atoms with E-state index in [4.69, 9.17) is 9.47 Å². The molecule has 2 aromatic carbocycles. The van der Waals surface area contributed by atoms with Gasteiger partial charge >= 0.3 is 6.03 Å². The Morgan fingerprint density at radius 2 is 1.93 bits per heavy atom. The van der Waals surface area contributed by atoms with E-state index in [0.29, 0.717) is 24.3 Å². The van der Waals surface area contributed by atoms with E-state index in [1.165, 1.54) is 14.2 Å². The highest BCUT2D eigenvalue weighted by Crippen LogP contribution is 2.41.